The van der Waals surface area contributed by atoms with Gasteiger partial charge in [0.05, 0.1) is 0 Å². The minimum absolute atomic E-state index is 0.0390. The lowest BCUT2D eigenvalue weighted by Gasteiger charge is -2.38. The van der Waals surface area contributed by atoms with Gasteiger partial charge in [-0.1, -0.05) is 0 Å². The van der Waals surface area contributed by atoms with Gasteiger partial charge < -0.3 is 21.1 Å². The molecule has 1 aromatic heterocycles. The van der Waals surface area contributed by atoms with Gasteiger partial charge in [0.15, 0.2) is 0 Å². The van der Waals surface area contributed by atoms with Gasteiger partial charge in [0.2, 0.25) is 0 Å². The molecule has 8 heteroatoms. The summed E-state index contributed by atoms with van der Waals surface area (Å²) in [7, 11) is 3.91. The number of thiophene rings is 1. The summed E-state index contributed by atoms with van der Waals surface area (Å²) in [5.74, 6) is 0.0390. The Morgan fingerprint density at radius 2 is 2.08 bits per heavy atom. The number of nitrogens with zero attached hydrogens (tertiary/aromatic N) is 1. The first-order chi connectivity index (χ1) is 11.6. The molecule has 2 rings (SSSR count). The van der Waals surface area contributed by atoms with Crippen LogP contribution >= 0.6 is 11.3 Å². The summed E-state index contributed by atoms with van der Waals surface area (Å²) < 4.78 is 39.4. The SMILES string of the molecule is CC1CC(c2sc(C(F)(F)F)cc2CCO)CC(C(N)CN(C)C)N1. The van der Waals surface area contributed by atoms with Crippen LogP contribution in [0.3, 0.4) is 0 Å². The number of nitrogens with two attached hydrogens (primary N) is 1. The van der Waals surface area contributed by atoms with E-state index >= 15 is 0 Å². The number of hydrogen-bond donors (Lipinski definition) is 3. The third-order valence-corrected chi connectivity index (χ3v) is 6.03. The molecule has 4 unspecified atom stereocenters. The van der Waals surface area contributed by atoms with E-state index in [1.165, 1.54) is 6.07 Å². The zero-order chi connectivity index (χ0) is 18.8. The molecule has 0 spiro atoms. The summed E-state index contributed by atoms with van der Waals surface area (Å²) in [6.45, 7) is 2.62. The molecule has 1 aliphatic rings. The van der Waals surface area contributed by atoms with Gasteiger partial charge in [-0.05, 0) is 57.8 Å². The Bertz CT molecular complexity index is 562. The van der Waals surface area contributed by atoms with E-state index in [1.54, 1.807) is 0 Å². The number of alkyl halides is 3. The molecule has 2 heterocycles. The summed E-state index contributed by atoms with van der Waals surface area (Å²) in [4.78, 5) is 2.20. The average Bonchev–Trinajstić information content (AvgIpc) is 2.90. The average molecular weight is 379 g/mol. The molecule has 4 nitrogen and oxygen atoms in total. The normalized spacial score (nSPS) is 26.2. The fourth-order valence-corrected chi connectivity index (χ4v) is 4.84. The first-order valence-electron chi connectivity index (χ1n) is 8.58. The smallest absolute Gasteiger partial charge is 0.396 e. The highest BCUT2D eigenvalue weighted by atomic mass is 32.1. The third-order valence-electron chi connectivity index (χ3n) is 4.64. The van der Waals surface area contributed by atoms with Crippen LogP contribution in [0.25, 0.3) is 0 Å². The van der Waals surface area contributed by atoms with Gasteiger partial charge in [0, 0.05) is 36.2 Å². The van der Waals surface area contributed by atoms with Crippen LogP contribution in [-0.4, -0.2) is 55.4 Å². The number of hydrogen-bond acceptors (Lipinski definition) is 5. The summed E-state index contributed by atoms with van der Waals surface area (Å²) in [6.07, 6.45) is -2.59. The molecule has 1 aromatic rings. The lowest BCUT2D eigenvalue weighted by Crippen LogP contribution is -2.55. The van der Waals surface area contributed by atoms with Gasteiger partial charge in [-0.15, -0.1) is 11.3 Å². The molecule has 0 saturated carbocycles. The molecule has 0 aliphatic carbocycles. The van der Waals surface area contributed by atoms with Gasteiger partial charge in [-0.25, -0.2) is 0 Å². The molecule has 144 valence electrons. The van der Waals surface area contributed by atoms with Gasteiger partial charge in [0.1, 0.15) is 4.88 Å². The van der Waals surface area contributed by atoms with E-state index in [-0.39, 0.29) is 37.1 Å². The molecule has 0 aromatic carbocycles. The molecule has 1 fully saturated rings. The molecular weight excluding hydrogens is 351 g/mol. The van der Waals surface area contributed by atoms with E-state index in [0.29, 0.717) is 5.56 Å². The monoisotopic (exact) mass is 379 g/mol. The van der Waals surface area contributed by atoms with Crippen molar-refractivity contribution in [3.63, 3.8) is 0 Å². The number of likely N-dealkylation sites (N-methyl/N-ethyl adjacent to an activating group) is 1. The van der Waals surface area contributed by atoms with Crippen LogP contribution in [0.2, 0.25) is 0 Å². The maximum absolute atomic E-state index is 13.1. The highest BCUT2D eigenvalue weighted by molar-refractivity contribution is 7.12. The predicted molar refractivity (Wildman–Crippen MR) is 95.0 cm³/mol. The molecule has 0 radical (unpaired) electrons. The molecule has 0 bridgehead atoms. The maximum atomic E-state index is 13.1. The summed E-state index contributed by atoms with van der Waals surface area (Å²) in [6, 6.07) is 1.38. The fourth-order valence-electron chi connectivity index (χ4n) is 3.64. The third kappa shape index (κ3) is 5.40. The van der Waals surface area contributed by atoms with Crippen molar-refractivity contribution in [2.24, 2.45) is 5.73 Å². The molecule has 4 atom stereocenters. The van der Waals surface area contributed by atoms with Crippen molar-refractivity contribution in [1.82, 2.24) is 10.2 Å². The Morgan fingerprint density at radius 3 is 2.64 bits per heavy atom. The van der Waals surface area contributed by atoms with Crippen LogP contribution in [0.5, 0.6) is 0 Å². The van der Waals surface area contributed by atoms with Gasteiger partial charge in [0.25, 0.3) is 0 Å². The zero-order valence-corrected chi connectivity index (χ0v) is 15.8. The van der Waals surface area contributed by atoms with Crippen molar-refractivity contribution in [2.45, 2.75) is 56.4 Å². The minimum Gasteiger partial charge on any atom is -0.396 e. The predicted octanol–water partition coefficient (Wildman–Crippen LogP) is 2.41. The molecule has 4 N–H and O–H groups in total. The lowest BCUT2D eigenvalue weighted by atomic mass is 9.83. The Hall–Kier alpha value is -0.670. The Labute approximate surface area is 151 Å². The van der Waals surface area contributed by atoms with Crippen molar-refractivity contribution in [1.29, 1.82) is 0 Å². The maximum Gasteiger partial charge on any atom is 0.425 e. The summed E-state index contributed by atoms with van der Waals surface area (Å²) >= 11 is 0.827. The highest BCUT2D eigenvalue weighted by Crippen LogP contribution is 2.43. The van der Waals surface area contributed by atoms with Crippen LogP contribution in [0.15, 0.2) is 6.07 Å². The van der Waals surface area contributed by atoms with Gasteiger partial charge in [-0.2, -0.15) is 13.2 Å². The Morgan fingerprint density at radius 1 is 1.40 bits per heavy atom. The second kappa shape index (κ2) is 8.35. The largest absolute Gasteiger partial charge is 0.425 e. The second-order valence-electron chi connectivity index (χ2n) is 7.24. The van der Waals surface area contributed by atoms with Crippen molar-refractivity contribution >= 4 is 11.3 Å². The van der Waals surface area contributed by atoms with Crippen molar-refractivity contribution in [3.8, 4) is 0 Å². The number of aliphatic hydroxyl groups excluding tert-OH is 1. The van der Waals surface area contributed by atoms with Gasteiger partial charge >= 0.3 is 6.18 Å². The van der Waals surface area contributed by atoms with Crippen LogP contribution < -0.4 is 11.1 Å². The number of nitrogens with one attached hydrogen (secondary N) is 1. The van der Waals surface area contributed by atoms with Crippen molar-refractivity contribution in [2.75, 3.05) is 27.2 Å². The van der Waals surface area contributed by atoms with E-state index in [0.717, 1.165) is 35.6 Å². The van der Waals surface area contributed by atoms with Gasteiger partial charge in [-0.3, -0.25) is 0 Å². The van der Waals surface area contributed by atoms with Crippen LogP contribution in [0.4, 0.5) is 13.2 Å². The van der Waals surface area contributed by atoms with E-state index in [9.17, 15) is 18.3 Å². The number of rotatable bonds is 6. The van der Waals surface area contributed by atoms with Crippen LogP contribution in [0, 0.1) is 0 Å². The van der Waals surface area contributed by atoms with E-state index < -0.39 is 11.1 Å². The molecule has 25 heavy (non-hydrogen) atoms. The molecule has 1 aliphatic heterocycles. The van der Waals surface area contributed by atoms with Crippen LogP contribution in [-0.2, 0) is 12.6 Å². The van der Waals surface area contributed by atoms with Crippen molar-refractivity contribution < 1.29 is 18.3 Å². The minimum atomic E-state index is -4.34. The second-order valence-corrected chi connectivity index (χ2v) is 8.32. The van der Waals surface area contributed by atoms with E-state index in [4.69, 9.17) is 5.73 Å². The van der Waals surface area contributed by atoms with E-state index in [2.05, 4.69) is 5.32 Å². The zero-order valence-electron chi connectivity index (χ0n) is 14.9. The number of aliphatic hydroxyl groups is 1. The van der Waals surface area contributed by atoms with E-state index in [1.807, 2.05) is 25.9 Å². The molecule has 0 amide bonds. The number of halogens is 3. The lowest BCUT2D eigenvalue weighted by molar-refractivity contribution is -0.134. The number of piperidine rings is 1. The Balaban J connectivity index is 2.25. The van der Waals surface area contributed by atoms with Crippen molar-refractivity contribution in [3.05, 3.63) is 21.4 Å². The summed E-state index contributed by atoms with van der Waals surface area (Å²) in [5.41, 5.74) is 6.93. The topological polar surface area (TPSA) is 61.5 Å². The fraction of sp³-hybridized carbons (Fsp3) is 0.765. The quantitative estimate of drug-likeness (QED) is 0.710. The first-order valence-corrected chi connectivity index (χ1v) is 9.40. The Kier molecular flexibility index (Phi) is 6.89. The standard InChI is InChI=1S/C17H28F3N3OS/c1-10-6-12(7-14(22-10)13(21)9-23(2)3)16-11(4-5-24)8-15(25-16)17(18,19)20/h8,10,12-14,22,24H,4-7,9,21H2,1-3H3. The first kappa shape index (κ1) is 20.6. The van der Waals surface area contributed by atoms with Crippen LogP contribution in [0.1, 0.15) is 41.0 Å². The highest BCUT2D eigenvalue weighted by Gasteiger charge is 2.37. The molecule has 1 saturated heterocycles. The summed E-state index contributed by atoms with van der Waals surface area (Å²) in [5, 5.41) is 12.7. The molecular formula is C17H28F3N3OS.